The third-order valence-corrected chi connectivity index (χ3v) is 2.90. The lowest BCUT2D eigenvalue weighted by molar-refractivity contribution is 0.356. The van der Waals surface area contributed by atoms with E-state index in [4.69, 9.17) is 9.47 Å². The Morgan fingerprint density at radius 2 is 1.62 bits per heavy atom. The third-order valence-electron chi connectivity index (χ3n) is 2.90. The van der Waals surface area contributed by atoms with Gasteiger partial charge in [-0.15, -0.1) is 0 Å². The maximum absolute atomic E-state index is 5.29. The van der Waals surface area contributed by atoms with Gasteiger partial charge in [0, 0.05) is 17.3 Å². The molecule has 84 valence electrons. The molecule has 2 aromatic rings. The molecular weight excluding hydrogens is 202 g/mol. The minimum atomic E-state index is 0.736. The molecule has 0 aliphatic carbocycles. The second-order valence-electron chi connectivity index (χ2n) is 3.76. The lowest BCUT2D eigenvalue weighted by Gasteiger charge is -2.11. The standard InChI is InChI=1S/C13H15NO2/c1-8-9(2)14-7-10-5-12(15-3)13(16-4)6-11(8)10/h5-7H,1-4H3. The van der Waals surface area contributed by atoms with E-state index in [0.717, 1.165) is 28.0 Å². The zero-order chi connectivity index (χ0) is 11.7. The smallest absolute Gasteiger partial charge is 0.161 e. The normalized spacial score (nSPS) is 10.5. The van der Waals surface area contributed by atoms with Crippen LogP contribution >= 0.6 is 0 Å². The first-order valence-corrected chi connectivity index (χ1v) is 5.15. The number of methoxy groups -OCH3 is 2. The van der Waals surface area contributed by atoms with Crippen molar-refractivity contribution in [2.24, 2.45) is 0 Å². The van der Waals surface area contributed by atoms with Crippen LogP contribution in [0.3, 0.4) is 0 Å². The highest BCUT2D eigenvalue weighted by Gasteiger charge is 2.08. The first-order valence-electron chi connectivity index (χ1n) is 5.15. The van der Waals surface area contributed by atoms with Crippen LogP contribution in [0, 0.1) is 13.8 Å². The minimum absolute atomic E-state index is 0.736. The molecular formula is C13H15NO2. The van der Waals surface area contributed by atoms with Gasteiger partial charge < -0.3 is 9.47 Å². The van der Waals surface area contributed by atoms with Crippen molar-refractivity contribution in [2.45, 2.75) is 13.8 Å². The summed E-state index contributed by atoms with van der Waals surface area (Å²) in [6.45, 7) is 4.07. The lowest BCUT2D eigenvalue weighted by Crippen LogP contribution is -1.93. The molecule has 0 saturated heterocycles. The quantitative estimate of drug-likeness (QED) is 0.775. The molecule has 0 spiro atoms. The first kappa shape index (κ1) is 10.7. The summed E-state index contributed by atoms with van der Waals surface area (Å²) in [6.07, 6.45) is 1.86. The zero-order valence-corrected chi connectivity index (χ0v) is 10.00. The van der Waals surface area contributed by atoms with E-state index < -0.39 is 0 Å². The number of aromatic nitrogens is 1. The monoisotopic (exact) mass is 217 g/mol. The molecule has 1 heterocycles. The molecule has 2 rings (SSSR count). The summed E-state index contributed by atoms with van der Waals surface area (Å²) < 4.78 is 10.6. The molecule has 0 atom stereocenters. The summed E-state index contributed by atoms with van der Waals surface area (Å²) in [7, 11) is 3.28. The van der Waals surface area contributed by atoms with Gasteiger partial charge >= 0.3 is 0 Å². The topological polar surface area (TPSA) is 31.4 Å². The van der Waals surface area contributed by atoms with Crippen LogP contribution in [-0.4, -0.2) is 19.2 Å². The molecule has 0 saturated carbocycles. The van der Waals surface area contributed by atoms with Crippen molar-refractivity contribution < 1.29 is 9.47 Å². The molecule has 0 aliphatic heterocycles. The number of nitrogens with zero attached hydrogens (tertiary/aromatic N) is 1. The maximum Gasteiger partial charge on any atom is 0.161 e. The first-order chi connectivity index (χ1) is 7.67. The number of hydrogen-bond donors (Lipinski definition) is 0. The summed E-state index contributed by atoms with van der Waals surface area (Å²) in [5.41, 5.74) is 2.22. The number of aryl methyl sites for hydroxylation is 2. The molecule has 0 bridgehead atoms. The van der Waals surface area contributed by atoms with Crippen molar-refractivity contribution in [1.29, 1.82) is 0 Å². The van der Waals surface area contributed by atoms with Crippen LogP contribution in [0.2, 0.25) is 0 Å². The predicted octanol–water partition coefficient (Wildman–Crippen LogP) is 2.87. The predicted molar refractivity (Wildman–Crippen MR) is 64.3 cm³/mol. The average Bonchev–Trinajstić information content (AvgIpc) is 2.32. The van der Waals surface area contributed by atoms with Crippen LogP contribution in [-0.2, 0) is 0 Å². The number of fused-ring (bicyclic) bond motifs is 1. The Hall–Kier alpha value is -1.77. The summed E-state index contributed by atoms with van der Waals surface area (Å²) in [5.74, 6) is 1.49. The van der Waals surface area contributed by atoms with Gasteiger partial charge in [0.2, 0.25) is 0 Å². The Bertz CT molecular complexity index is 535. The van der Waals surface area contributed by atoms with Gasteiger partial charge in [0.25, 0.3) is 0 Å². The summed E-state index contributed by atoms with van der Waals surface area (Å²) in [6, 6.07) is 3.95. The molecule has 1 aromatic heterocycles. The summed E-state index contributed by atoms with van der Waals surface area (Å²) in [4.78, 5) is 4.34. The number of ether oxygens (including phenoxy) is 2. The van der Waals surface area contributed by atoms with Gasteiger partial charge in [0.15, 0.2) is 11.5 Å². The SMILES string of the molecule is COc1cc2cnc(C)c(C)c2cc1OC. The number of benzene rings is 1. The van der Waals surface area contributed by atoms with Gasteiger partial charge in [0.05, 0.1) is 14.2 Å². The fraction of sp³-hybridized carbons (Fsp3) is 0.308. The van der Waals surface area contributed by atoms with Crippen molar-refractivity contribution in [3.8, 4) is 11.5 Å². The highest BCUT2D eigenvalue weighted by Crippen LogP contribution is 2.33. The van der Waals surface area contributed by atoms with Crippen molar-refractivity contribution in [1.82, 2.24) is 4.98 Å². The van der Waals surface area contributed by atoms with Gasteiger partial charge in [-0.25, -0.2) is 0 Å². The Morgan fingerprint density at radius 3 is 2.25 bits per heavy atom. The Kier molecular flexibility index (Phi) is 2.69. The Labute approximate surface area is 95.0 Å². The molecule has 0 radical (unpaired) electrons. The van der Waals surface area contributed by atoms with Gasteiger partial charge in [-0.1, -0.05) is 0 Å². The largest absolute Gasteiger partial charge is 0.493 e. The third kappa shape index (κ3) is 1.58. The van der Waals surface area contributed by atoms with E-state index in [-0.39, 0.29) is 0 Å². The van der Waals surface area contributed by atoms with E-state index in [0.29, 0.717) is 0 Å². The van der Waals surface area contributed by atoms with Gasteiger partial charge in [-0.05, 0) is 36.9 Å². The highest BCUT2D eigenvalue weighted by atomic mass is 16.5. The zero-order valence-electron chi connectivity index (χ0n) is 10.00. The fourth-order valence-electron chi connectivity index (χ4n) is 1.78. The highest BCUT2D eigenvalue weighted by molar-refractivity contribution is 5.88. The van der Waals surface area contributed by atoms with E-state index in [2.05, 4.69) is 11.9 Å². The van der Waals surface area contributed by atoms with Crippen LogP contribution in [0.15, 0.2) is 18.3 Å². The minimum Gasteiger partial charge on any atom is -0.493 e. The molecule has 3 heteroatoms. The Balaban J connectivity index is 2.78. The van der Waals surface area contributed by atoms with Crippen LogP contribution in [0.5, 0.6) is 11.5 Å². The van der Waals surface area contributed by atoms with E-state index in [1.807, 2.05) is 25.3 Å². The summed E-state index contributed by atoms with van der Waals surface area (Å²) >= 11 is 0. The van der Waals surface area contributed by atoms with E-state index in [9.17, 15) is 0 Å². The second kappa shape index (κ2) is 4.00. The van der Waals surface area contributed by atoms with Crippen LogP contribution in [0.25, 0.3) is 10.8 Å². The molecule has 16 heavy (non-hydrogen) atoms. The Morgan fingerprint density at radius 1 is 1.00 bits per heavy atom. The van der Waals surface area contributed by atoms with Gasteiger partial charge in [0.1, 0.15) is 0 Å². The lowest BCUT2D eigenvalue weighted by atomic mass is 10.1. The van der Waals surface area contributed by atoms with Crippen LogP contribution in [0.1, 0.15) is 11.3 Å². The average molecular weight is 217 g/mol. The van der Waals surface area contributed by atoms with Gasteiger partial charge in [-0.2, -0.15) is 0 Å². The molecule has 0 unspecified atom stereocenters. The molecule has 0 N–H and O–H groups in total. The van der Waals surface area contributed by atoms with Crippen molar-refractivity contribution >= 4 is 10.8 Å². The van der Waals surface area contributed by atoms with Crippen molar-refractivity contribution in [3.05, 3.63) is 29.6 Å². The number of pyridine rings is 1. The number of rotatable bonds is 2. The van der Waals surface area contributed by atoms with Gasteiger partial charge in [-0.3, -0.25) is 4.98 Å². The fourth-order valence-corrected chi connectivity index (χ4v) is 1.78. The van der Waals surface area contributed by atoms with E-state index in [1.165, 1.54) is 5.56 Å². The van der Waals surface area contributed by atoms with E-state index >= 15 is 0 Å². The second-order valence-corrected chi connectivity index (χ2v) is 3.76. The molecule has 1 aromatic carbocycles. The molecule has 0 amide bonds. The molecule has 0 aliphatic rings. The summed E-state index contributed by atoms with van der Waals surface area (Å²) in [5, 5.41) is 2.23. The molecule has 0 fully saturated rings. The van der Waals surface area contributed by atoms with Crippen LogP contribution < -0.4 is 9.47 Å². The number of hydrogen-bond acceptors (Lipinski definition) is 3. The van der Waals surface area contributed by atoms with E-state index in [1.54, 1.807) is 14.2 Å². The maximum atomic E-state index is 5.29. The van der Waals surface area contributed by atoms with Crippen LogP contribution in [0.4, 0.5) is 0 Å². The van der Waals surface area contributed by atoms with Crippen molar-refractivity contribution in [2.75, 3.05) is 14.2 Å². The molecule has 3 nitrogen and oxygen atoms in total. The van der Waals surface area contributed by atoms with Crippen molar-refractivity contribution in [3.63, 3.8) is 0 Å².